The van der Waals surface area contributed by atoms with Crippen LogP contribution in [0.4, 0.5) is 0 Å². The van der Waals surface area contributed by atoms with Gasteiger partial charge in [0.1, 0.15) is 0 Å². The SMILES string of the molecule is BOC(COS)COS. The summed E-state index contributed by atoms with van der Waals surface area (Å²) in [5, 5.41) is 0. The molecule has 0 bridgehead atoms. The number of thiol groups is 2. The molecule has 0 aromatic heterocycles. The van der Waals surface area contributed by atoms with Gasteiger partial charge in [0.15, 0.2) is 0 Å². The first-order chi connectivity index (χ1) is 4.35. The number of hydrogen-bond donors (Lipinski definition) is 2. The molecule has 0 aromatic rings. The average Bonchev–Trinajstić information content (AvgIpc) is 1.88. The van der Waals surface area contributed by atoms with Crippen LogP contribution in [0.15, 0.2) is 0 Å². The second-order valence-electron chi connectivity index (χ2n) is 1.45. The Morgan fingerprint density at radius 1 is 1.22 bits per heavy atom. The third-order valence-corrected chi connectivity index (χ3v) is 1.15. The molecule has 0 amide bonds. The Balaban J connectivity index is 3.18. The Kier molecular flexibility index (Phi) is 7.25. The molecule has 54 valence electrons. The molecule has 0 aliphatic heterocycles. The second-order valence-corrected chi connectivity index (χ2v) is 1.97. The lowest BCUT2D eigenvalue weighted by Crippen LogP contribution is -2.21. The molecule has 3 nitrogen and oxygen atoms in total. The van der Waals surface area contributed by atoms with E-state index in [9.17, 15) is 0 Å². The van der Waals surface area contributed by atoms with Crippen molar-refractivity contribution in [1.29, 1.82) is 0 Å². The van der Waals surface area contributed by atoms with E-state index >= 15 is 0 Å². The second kappa shape index (κ2) is 6.76. The quantitative estimate of drug-likeness (QED) is 0.333. The fourth-order valence-electron chi connectivity index (χ4n) is 0.350. The standard InChI is InChI=1S/C3H9BO3S2/c4-7-3(1-5-8)2-6-9/h3,8-9H,1-2,4H2. The van der Waals surface area contributed by atoms with Crippen LogP contribution in [0, 0.1) is 0 Å². The zero-order valence-electron chi connectivity index (χ0n) is 5.11. The summed E-state index contributed by atoms with van der Waals surface area (Å²) in [6, 6.07) is 0. The Bertz CT molecular complexity index is 59.0. The molecule has 0 radical (unpaired) electrons. The molecule has 0 aliphatic rings. The lowest BCUT2D eigenvalue weighted by molar-refractivity contribution is 0.109. The minimum Gasteiger partial charge on any atom is -0.437 e. The average molecular weight is 168 g/mol. The van der Waals surface area contributed by atoms with Gasteiger partial charge in [0.05, 0.1) is 19.3 Å². The van der Waals surface area contributed by atoms with Gasteiger partial charge in [0.25, 0.3) is 8.05 Å². The predicted molar refractivity (Wildman–Crippen MR) is 43.3 cm³/mol. The van der Waals surface area contributed by atoms with E-state index in [2.05, 4.69) is 34.2 Å². The van der Waals surface area contributed by atoms with Crippen molar-refractivity contribution < 1.29 is 13.0 Å². The molecule has 0 spiro atoms. The molecule has 0 atom stereocenters. The van der Waals surface area contributed by atoms with Crippen LogP contribution in [-0.4, -0.2) is 27.4 Å². The molecule has 0 saturated carbocycles. The lowest BCUT2D eigenvalue weighted by Gasteiger charge is -2.11. The Morgan fingerprint density at radius 2 is 1.67 bits per heavy atom. The highest BCUT2D eigenvalue weighted by atomic mass is 32.1. The van der Waals surface area contributed by atoms with Gasteiger partial charge in [-0.1, -0.05) is 0 Å². The van der Waals surface area contributed by atoms with Gasteiger partial charge >= 0.3 is 0 Å². The number of rotatable bonds is 5. The summed E-state index contributed by atoms with van der Waals surface area (Å²) in [6.07, 6.45) is -0.0833. The first-order valence-electron chi connectivity index (χ1n) is 2.40. The van der Waals surface area contributed by atoms with Crippen LogP contribution in [0.2, 0.25) is 0 Å². The van der Waals surface area contributed by atoms with E-state index in [4.69, 9.17) is 4.65 Å². The summed E-state index contributed by atoms with van der Waals surface area (Å²) in [6.45, 7) is 0.806. The third kappa shape index (κ3) is 5.11. The summed E-state index contributed by atoms with van der Waals surface area (Å²) in [4.78, 5) is 0. The molecular weight excluding hydrogens is 159 g/mol. The molecule has 0 fully saturated rings. The van der Waals surface area contributed by atoms with Gasteiger partial charge in [-0.25, -0.2) is 0 Å². The summed E-state index contributed by atoms with van der Waals surface area (Å²) in [7, 11) is 1.57. The topological polar surface area (TPSA) is 27.7 Å². The van der Waals surface area contributed by atoms with Gasteiger partial charge in [0, 0.05) is 0 Å². The van der Waals surface area contributed by atoms with Crippen molar-refractivity contribution in [3.63, 3.8) is 0 Å². The molecule has 0 heterocycles. The maximum absolute atomic E-state index is 4.88. The Hall–Kier alpha value is 0.645. The highest BCUT2D eigenvalue weighted by Crippen LogP contribution is 1.94. The molecular formula is C3H9BO3S2. The maximum atomic E-state index is 4.88. The van der Waals surface area contributed by atoms with Gasteiger partial charge < -0.3 is 13.0 Å². The largest absolute Gasteiger partial charge is 0.437 e. The van der Waals surface area contributed by atoms with Crippen molar-refractivity contribution in [3.8, 4) is 0 Å². The van der Waals surface area contributed by atoms with Crippen LogP contribution in [-0.2, 0) is 13.0 Å². The molecule has 9 heavy (non-hydrogen) atoms. The van der Waals surface area contributed by atoms with Crippen molar-refractivity contribution in [2.75, 3.05) is 13.2 Å². The molecule has 0 aliphatic carbocycles. The first kappa shape index (κ1) is 9.64. The lowest BCUT2D eigenvalue weighted by atomic mass is 10.4. The van der Waals surface area contributed by atoms with Gasteiger partial charge in [-0.2, -0.15) is 0 Å². The zero-order chi connectivity index (χ0) is 7.11. The Labute approximate surface area is 66.7 Å². The van der Waals surface area contributed by atoms with Crippen LogP contribution in [0.25, 0.3) is 0 Å². The van der Waals surface area contributed by atoms with Crippen molar-refractivity contribution >= 4 is 33.9 Å². The fraction of sp³-hybridized carbons (Fsp3) is 1.00. The van der Waals surface area contributed by atoms with E-state index in [0.717, 1.165) is 0 Å². The minimum absolute atomic E-state index is 0.0833. The zero-order valence-corrected chi connectivity index (χ0v) is 6.90. The summed E-state index contributed by atoms with van der Waals surface area (Å²) < 4.78 is 13.9. The smallest absolute Gasteiger partial charge is 0.257 e. The van der Waals surface area contributed by atoms with Crippen LogP contribution >= 0.6 is 25.8 Å². The molecule has 0 N–H and O–H groups in total. The van der Waals surface area contributed by atoms with Gasteiger partial charge in [-0.15, -0.1) is 0 Å². The van der Waals surface area contributed by atoms with E-state index in [1.165, 1.54) is 0 Å². The fourth-order valence-corrected chi connectivity index (χ4v) is 0.683. The van der Waals surface area contributed by atoms with E-state index < -0.39 is 0 Å². The molecule has 6 heteroatoms. The van der Waals surface area contributed by atoms with Gasteiger partial charge in [0.2, 0.25) is 0 Å². The predicted octanol–water partition coefficient (Wildman–Crippen LogP) is -0.358. The summed E-state index contributed by atoms with van der Waals surface area (Å²) >= 11 is 7.09. The van der Waals surface area contributed by atoms with Crippen molar-refractivity contribution in [1.82, 2.24) is 0 Å². The normalized spacial score (nSPS) is 10.6. The van der Waals surface area contributed by atoms with Crippen LogP contribution in [0.1, 0.15) is 0 Å². The monoisotopic (exact) mass is 168 g/mol. The molecule has 0 unspecified atom stereocenters. The number of hydrogen-bond acceptors (Lipinski definition) is 5. The summed E-state index contributed by atoms with van der Waals surface area (Å²) in [5.74, 6) is 0. The van der Waals surface area contributed by atoms with Gasteiger partial charge in [-0.3, -0.25) is 0 Å². The van der Waals surface area contributed by atoms with E-state index in [1.807, 2.05) is 0 Å². The van der Waals surface area contributed by atoms with E-state index in [-0.39, 0.29) is 6.10 Å². The molecule has 0 aromatic carbocycles. The van der Waals surface area contributed by atoms with Gasteiger partial charge in [-0.05, 0) is 25.8 Å². The molecule has 0 rings (SSSR count). The Morgan fingerprint density at radius 3 is 1.89 bits per heavy atom. The minimum atomic E-state index is -0.0833. The first-order valence-corrected chi connectivity index (χ1v) is 3.13. The van der Waals surface area contributed by atoms with Crippen LogP contribution in [0.5, 0.6) is 0 Å². The highest BCUT2D eigenvalue weighted by molar-refractivity contribution is 7.75. The third-order valence-electron chi connectivity index (χ3n) is 0.854. The van der Waals surface area contributed by atoms with Crippen LogP contribution in [0.3, 0.4) is 0 Å². The van der Waals surface area contributed by atoms with E-state index in [1.54, 1.807) is 8.05 Å². The van der Waals surface area contributed by atoms with Crippen LogP contribution < -0.4 is 0 Å². The van der Waals surface area contributed by atoms with Crippen molar-refractivity contribution in [2.45, 2.75) is 6.10 Å². The van der Waals surface area contributed by atoms with Crippen molar-refractivity contribution in [3.05, 3.63) is 0 Å². The maximum Gasteiger partial charge on any atom is 0.257 e. The van der Waals surface area contributed by atoms with Crippen molar-refractivity contribution in [2.24, 2.45) is 0 Å². The highest BCUT2D eigenvalue weighted by Gasteiger charge is 2.04. The summed E-state index contributed by atoms with van der Waals surface area (Å²) in [5.41, 5.74) is 0. The molecule has 0 saturated heterocycles. The van der Waals surface area contributed by atoms with E-state index in [0.29, 0.717) is 13.2 Å².